The quantitative estimate of drug-likeness (QED) is 0.762. The third kappa shape index (κ3) is 2.08. The van der Waals surface area contributed by atoms with E-state index in [0.29, 0.717) is 5.75 Å². The summed E-state index contributed by atoms with van der Waals surface area (Å²) in [6, 6.07) is 4.13. The molecule has 1 aromatic carbocycles. The molecule has 0 aliphatic heterocycles. The second-order valence-corrected chi connectivity index (χ2v) is 6.65. The van der Waals surface area contributed by atoms with Crippen LogP contribution >= 0.6 is 0 Å². The van der Waals surface area contributed by atoms with Crippen molar-refractivity contribution in [2.24, 2.45) is 0 Å². The highest BCUT2D eigenvalue weighted by Crippen LogP contribution is 2.49. The lowest BCUT2D eigenvalue weighted by atomic mass is 9.62. The van der Waals surface area contributed by atoms with Gasteiger partial charge in [0.2, 0.25) is 0 Å². The van der Waals surface area contributed by atoms with Crippen LogP contribution in [0.2, 0.25) is 0 Å². The first kappa shape index (κ1) is 13.7. The average Bonchev–Trinajstić information content (AvgIpc) is 2.45. The molecule has 3 rings (SSSR count). The third-order valence-corrected chi connectivity index (χ3v) is 5.41. The Labute approximate surface area is 122 Å². The molecule has 0 amide bonds. The van der Waals surface area contributed by atoms with Crippen LogP contribution in [0.1, 0.15) is 69.1 Å². The summed E-state index contributed by atoms with van der Waals surface area (Å²) in [7, 11) is 0. The number of aromatic hydroxyl groups is 1. The molecule has 0 radical (unpaired) electrons. The summed E-state index contributed by atoms with van der Waals surface area (Å²) in [5.74, 6) is 0.518. The summed E-state index contributed by atoms with van der Waals surface area (Å²) in [6.45, 7) is 4.63. The van der Waals surface area contributed by atoms with Gasteiger partial charge >= 0.3 is 0 Å². The smallest absolute Gasteiger partial charge is 0.119 e. The van der Waals surface area contributed by atoms with Gasteiger partial charge in [-0.1, -0.05) is 38.0 Å². The van der Waals surface area contributed by atoms with Crippen molar-refractivity contribution in [2.75, 3.05) is 0 Å². The SMILES string of the molecule is CCCCc1c(O)ccc2c1CCC1=CCCCC12C. The molecule has 1 nitrogen and oxygen atoms in total. The highest BCUT2D eigenvalue weighted by atomic mass is 16.3. The fourth-order valence-corrected chi connectivity index (χ4v) is 4.18. The first-order valence-corrected chi connectivity index (χ1v) is 8.20. The van der Waals surface area contributed by atoms with E-state index < -0.39 is 0 Å². The summed E-state index contributed by atoms with van der Waals surface area (Å²) in [6.07, 6.45) is 12.0. The van der Waals surface area contributed by atoms with Gasteiger partial charge in [-0.2, -0.15) is 0 Å². The Balaban J connectivity index is 2.09. The summed E-state index contributed by atoms with van der Waals surface area (Å²) in [5, 5.41) is 10.3. The first-order chi connectivity index (χ1) is 9.66. The maximum atomic E-state index is 10.3. The van der Waals surface area contributed by atoms with Gasteiger partial charge in [0.1, 0.15) is 5.75 Å². The Morgan fingerprint density at radius 2 is 2.10 bits per heavy atom. The van der Waals surface area contributed by atoms with E-state index in [4.69, 9.17) is 0 Å². The van der Waals surface area contributed by atoms with Gasteiger partial charge in [0.05, 0.1) is 0 Å². The summed E-state index contributed by atoms with van der Waals surface area (Å²) in [4.78, 5) is 0. The molecule has 0 spiro atoms. The van der Waals surface area contributed by atoms with E-state index in [1.54, 1.807) is 5.57 Å². The molecule has 0 saturated heterocycles. The zero-order valence-electron chi connectivity index (χ0n) is 12.8. The van der Waals surface area contributed by atoms with E-state index in [0.717, 1.165) is 12.8 Å². The van der Waals surface area contributed by atoms with Crippen molar-refractivity contribution in [3.8, 4) is 5.75 Å². The topological polar surface area (TPSA) is 20.2 Å². The van der Waals surface area contributed by atoms with Crippen LogP contribution in [0.15, 0.2) is 23.8 Å². The minimum atomic E-state index is 0.237. The lowest BCUT2D eigenvalue weighted by Gasteiger charge is -2.42. The molecule has 108 valence electrons. The number of rotatable bonds is 3. The standard InChI is InChI=1S/C19H26O/c1-3-4-8-16-15-10-9-14-7-5-6-13-19(14,2)17(15)11-12-18(16)20/h7,11-12,20H,3-6,8-10,13H2,1-2H3. The maximum absolute atomic E-state index is 10.3. The summed E-state index contributed by atoms with van der Waals surface area (Å²) in [5.41, 5.74) is 6.07. The summed E-state index contributed by atoms with van der Waals surface area (Å²) < 4.78 is 0. The number of benzene rings is 1. The van der Waals surface area contributed by atoms with E-state index in [1.807, 2.05) is 6.07 Å². The number of fused-ring (bicyclic) bond motifs is 3. The van der Waals surface area contributed by atoms with Crippen molar-refractivity contribution in [1.82, 2.24) is 0 Å². The van der Waals surface area contributed by atoms with E-state index in [1.165, 1.54) is 55.2 Å². The Morgan fingerprint density at radius 1 is 1.25 bits per heavy atom. The minimum Gasteiger partial charge on any atom is -0.508 e. The second kappa shape index (κ2) is 5.27. The van der Waals surface area contributed by atoms with Crippen LogP contribution in [0.4, 0.5) is 0 Å². The molecule has 1 heteroatoms. The number of hydrogen-bond acceptors (Lipinski definition) is 1. The van der Waals surface area contributed by atoms with Crippen molar-refractivity contribution in [3.63, 3.8) is 0 Å². The highest BCUT2D eigenvalue weighted by Gasteiger charge is 2.38. The molecule has 1 atom stereocenters. The molecule has 0 heterocycles. The number of unbranched alkanes of at least 4 members (excludes halogenated alkanes) is 1. The van der Waals surface area contributed by atoms with Gasteiger partial charge in [-0.05, 0) is 67.7 Å². The zero-order valence-corrected chi connectivity index (χ0v) is 12.8. The lowest BCUT2D eigenvalue weighted by molar-refractivity contribution is 0.423. The third-order valence-electron chi connectivity index (χ3n) is 5.41. The predicted molar refractivity (Wildman–Crippen MR) is 84.3 cm³/mol. The molecule has 20 heavy (non-hydrogen) atoms. The highest BCUT2D eigenvalue weighted by molar-refractivity contribution is 5.53. The van der Waals surface area contributed by atoms with Crippen LogP contribution in [-0.4, -0.2) is 5.11 Å². The van der Waals surface area contributed by atoms with Crippen LogP contribution in [0, 0.1) is 0 Å². The number of hydrogen-bond donors (Lipinski definition) is 1. The molecule has 0 bridgehead atoms. The Hall–Kier alpha value is -1.24. The maximum Gasteiger partial charge on any atom is 0.119 e. The van der Waals surface area contributed by atoms with Crippen molar-refractivity contribution >= 4 is 0 Å². The van der Waals surface area contributed by atoms with Gasteiger partial charge in [0.15, 0.2) is 0 Å². The van der Waals surface area contributed by atoms with Gasteiger partial charge < -0.3 is 5.11 Å². The zero-order chi connectivity index (χ0) is 14.2. The molecule has 1 aromatic rings. The van der Waals surface area contributed by atoms with Gasteiger partial charge in [0, 0.05) is 5.41 Å². The Morgan fingerprint density at radius 3 is 2.90 bits per heavy atom. The monoisotopic (exact) mass is 270 g/mol. The van der Waals surface area contributed by atoms with Crippen LogP contribution in [0.25, 0.3) is 0 Å². The molecular formula is C19H26O. The number of phenols is 1. The average molecular weight is 270 g/mol. The Bertz CT molecular complexity index is 541. The molecular weight excluding hydrogens is 244 g/mol. The van der Waals surface area contributed by atoms with E-state index in [9.17, 15) is 5.11 Å². The van der Waals surface area contributed by atoms with Crippen molar-refractivity contribution in [3.05, 3.63) is 40.5 Å². The lowest BCUT2D eigenvalue weighted by Crippen LogP contribution is -2.32. The second-order valence-electron chi connectivity index (χ2n) is 6.65. The van der Waals surface area contributed by atoms with Crippen LogP contribution in [-0.2, 0) is 18.3 Å². The molecule has 1 unspecified atom stereocenters. The van der Waals surface area contributed by atoms with Crippen LogP contribution < -0.4 is 0 Å². The summed E-state index contributed by atoms with van der Waals surface area (Å²) >= 11 is 0. The van der Waals surface area contributed by atoms with E-state index in [-0.39, 0.29) is 5.41 Å². The molecule has 0 fully saturated rings. The molecule has 0 saturated carbocycles. The van der Waals surface area contributed by atoms with Crippen molar-refractivity contribution in [1.29, 1.82) is 0 Å². The van der Waals surface area contributed by atoms with Gasteiger partial charge in [-0.15, -0.1) is 0 Å². The fourth-order valence-electron chi connectivity index (χ4n) is 4.18. The largest absolute Gasteiger partial charge is 0.508 e. The normalized spacial score (nSPS) is 24.8. The van der Waals surface area contributed by atoms with Crippen LogP contribution in [0.3, 0.4) is 0 Å². The minimum absolute atomic E-state index is 0.237. The molecule has 0 aromatic heterocycles. The van der Waals surface area contributed by atoms with Gasteiger partial charge in [-0.25, -0.2) is 0 Å². The molecule has 2 aliphatic rings. The van der Waals surface area contributed by atoms with Crippen molar-refractivity contribution in [2.45, 2.75) is 70.6 Å². The Kier molecular flexibility index (Phi) is 3.62. The first-order valence-electron chi connectivity index (χ1n) is 8.20. The molecule has 2 aliphatic carbocycles. The number of allylic oxidation sites excluding steroid dienone is 2. The fraction of sp³-hybridized carbons (Fsp3) is 0.579. The van der Waals surface area contributed by atoms with E-state index in [2.05, 4.69) is 26.0 Å². The van der Waals surface area contributed by atoms with Gasteiger partial charge in [-0.3, -0.25) is 0 Å². The number of phenolic OH excluding ortho intramolecular Hbond substituents is 1. The van der Waals surface area contributed by atoms with Gasteiger partial charge in [0.25, 0.3) is 0 Å². The van der Waals surface area contributed by atoms with E-state index >= 15 is 0 Å². The van der Waals surface area contributed by atoms with Crippen LogP contribution in [0.5, 0.6) is 5.75 Å². The predicted octanol–water partition coefficient (Wildman–Crippen LogP) is 5.05. The molecule has 1 N–H and O–H groups in total. The van der Waals surface area contributed by atoms with Crippen molar-refractivity contribution < 1.29 is 5.11 Å².